The highest BCUT2D eigenvalue weighted by Gasteiger charge is 2.21. The molecule has 1 atom stereocenters. The Hall–Kier alpha value is -2.16. The van der Waals surface area contributed by atoms with Crippen molar-refractivity contribution in [3.63, 3.8) is 0 Å². The summed E-state index contributed by atoms with van der Waals surface area (Å²) in [6.07, 6.45) is -0.868. The number of carbonyl (C=O) groups is 1. The lowest BCUT2D eigenvalue weighted by Gasteiger charge is -2.15. The van der Waals surface area contributed by atoms with Crippen molar-refractivity contribution in [2.75, 3.05) is 5.32 Å². The molecule has 1 N–H and O–H groups in total. The lowest BCUT2D eigenvalue weighted by Crippen LogP contribution is -2.30. The fraction of sp³-hybridized carbons (Fsp3) is 0.188. The van der Waals surface area contributed by atoms with Gasteiger partial charge in [0.2, 0.25) is 0 Å². The Bertz CT molecular complexity index is 749. The van der Waals surface area contributed by atoms with Crippen LogP contribution in [-0.4, -0.2) is 16.9 Å². The molecule has 0 radical (unpaired) electrons. The largest absolute Gasteiger partial charge is 0.474 e. The second-order valence-corrected chi connectivity index (χ2v) is 6.12. The van der Waals surface area contributed by atoms with E-state index in [1.165, 1.54) is 12.1 Å². The molecule has 2 aromatic carbocycles. The smallest absolute Gasteiger partial charge is 0.311 e. The predicted octanol–water partition coefficient (Wildman–Crippen LogP) is 3.91. The topological polar surface area (TPSA) is 81.5 Å². The molecule has 0 heterocycles. The molecule has 0 aromatic heterocycles. The quantitative estimate of drug-likeness (QED) is 0.447. The SMILES string of the molecule is Cc1ccc(OC(C)C(=O)Nc2ccccc2I)c([N+](=O)[O-])c1. The lowest BCUT2D eigenvalue weighted by atomic mass is 10.2. The summed E-state index contributed by atoms with van der Waals surface area (Å²) in [5.41, 5.74) is 1.27. The molecule has 120 valence electrons. The summed E-state index contributed by atoms with van der Waals surface area (Å²) >= 11 is 2.11. The van der Waals surface area contributed by atoms with Crippen molar-refractivity contribution in [3.05, 3.63) is 61.7 Å². The van der Waals surface area contributed by atoms with Crippen molar-refractivity contribution in [1.29, 1.82) is 0 Å². The van der Waals surface area contributed by atoms with E-state index in [2.05, 4.69) is 27.9 Å². The fourth-order valence-corrected chi connectivity index (χ4v) is 2.43. The molecular weight excluding hydrogens is 411 g/mol. The summed E-state index contributed by atoms with van der Waals surface area (Å²) in [6.45, 7) is 3.30. The van der Waals surface area contributed by atoms with Gasteiger partial charge < -0.3 is 10.1 Å². The van der Waals surface area contributed by atoms with Gasteiger partial charge in [-0.1, -0.05) is 18.2 Å². The van der Waals surface area contributed by atoms with E-state index in [9.17, 15) is 14.9 Å². The minimum Gasteiger partial charge on any atom is -0.474 e. The van der Waals surface area contributed by atoms with Gasteiger partial charge in [0, 0.05) is 9.64 Å². The third-order valence-electron chi connectivity index (χ3n) is 3.12. The van der Waals surface area contributed by atoms with Crippen LogP contribution in [0.4, 0.5) is 11.4 Å². The van der Waals surface area contributed by atoms with Gasteiger partial charge in [0.15, 0.2) is 11.9 Å². The zero-order valence-corrected chi connectivity index (χ0v) is 14.7. The van der Waals surface area contributed by atoms with Gasteiger partial charge in [0.05, 0.1) is 10.6 Å². The van der Waals surface area contributed by atoms with E-state index in [-0.39, 0.29) is 17.3 Å². The Labute approximate surface area is 147 Å². The Morgan fingerprint density at radius 3 is 2.65 bits per heavy atom. The van der Waals surface area contributed by atoms with Crippen molar-refractivity contribution in [1.82, 2.24) is 0 Å². The number of rotatable bonds is 5. The van der Waals surface area contributed by atoms with E-state index in [4.69, 9.17) is 4.74 Å². The van der Waals surface area contributed by atoms with E-state index in [1.807, 2.05) is 18.2 Å². The average molecular weight is 426 g/mol. The molecule has 6 nitrogen and oxygen atoms in total. The van der Waals surface area contributed by atoms with E-state index in [0.717, 1.165) is 9.13 Å². The summed E-state index contributed by atoms with van der Waals surface area (Å²) in [7, 11) is 0. The normalized spacial score (nSPS) is 11.6. The van der Waals surface area contributed by atoms with Crippen LogP contribution in [0.5, 0.6) is 5.75 Å². The summed E-state index contributed by atoms with van der Waals surface area (Å²) in [6, 6.07) is 11.9. The number of hydrogen-bond acceptors (Lipinski definition) is 4. The minimum absolute atomic E-state index is 0.0750. The van der Waals surface area contributed by atoms with Crippen LogP contribution in [0.15, 0.2) is 42.5 Å². The van der Waals surface area contributed by atoms with E-state index < -0.39 is 11.0 Å². The van der Waals surface area contributed by atoms with Crippen LogP contribution in [0, 0.1) is 20.6 Å². The Morgan fingerprint density at radius 2 is 2.00 bits per heavy atom. The number of amides is 1. The van der Waals surface area contributed by atoms with Crippen LogP contribution in [0.2, 0.25) is 0 Å². The molecular formula is C16H15IN2O4. The first kappa shape index (κ1) is 17.2. The Balaban J connectivity index is 2.13. The molecule has 0 aliphatic carbocycles. The zero-order valence-electron chi connectivity index (χ0n) is 12.6. The van der Waals surface area contributed by atoms with Crippen LogP contribution in [0.25, 0.3) is 0 Å². The molecule has 0 saturated heterocycles. The lowest BCUT2D eigenvalue weighted by molar-refractivity contribution is -0.386. The molecule has 2 rings (SSSR count). The summed E-state index contributed by atoms with van der Waals surface area (Å²) in [4.78, 5) is 22.8. The summed E-state index contributed by atoms with van der Waals surface area (Å²) < 4.78 is 6.37. The number of aryl methyl sites for hydroxylation is 1. The number of nitro benzene ring substituents is 1. The molecule has 0 bridgehead atoms. The number of nitrogens with zero attached hydrogens (tertiary/aromatic N) is 1. The van der Waals surface area contributed by atoms with Crippen molar-refractivity contribution in [3.8, 4) is 5.75 Å². The molecule has 0 spiro atoms. The van der Waals surface area contributed by atoms with Gasteiger partial charge in [-0.15, -0.1) is 0 Å². The van der Waals surface area contributed by atoms with Crippen LogP contribution in [0.1, 0.15) is 12.5 Å². The third-order valence-corrected chi connectivity index (χ3v) is 4.06. The van der Waals surface area contributed by atoms with Gasteiger partial charge >= 0.3 is 5.69 Å². The molecule has 0 fully saturated rings. The fourth-order valence-electron chi connectivity index (χ4n) is 1.91. The maximum Gasteiger partial charge on any atom is 0.311 e. The van der Waals surface area contributed by atoms with Gasteiger partial charge in [-0.3, -0.25) is 14.9 Å². The zero-order chi connectivity index (χ0) is 17.0. The van der Waals surface area contributed by atoms with Gasteiger partial charge in [-0.05, 0) is 60.2 Å². The van der Waals surface area contributed by atoms with Gasteiger partial charge in [0.25, 0.3) is 5.91 Å². The second kappa shape index (κ2) is 7.40. The number of benzene rings is 2. The molecule has 7 heteroatoms. The van der Waals surface area contributed by atoms with Gasteiger partial charge in [-0.2, -0.15) is 0 Å². The number of ether oxygens (including phenoxy) is 1. The first-order valence-electron chi connectivity index (χ1n) is 6.85. The highest BCUT2D eigenvalue weighted by Crippen LogP contribution is 2.29. The van der Waals surface area contributed by atoms with Crippen LogP contribution >= 0.6 is 22.6 Å². The molecule has 1 amide bonds. The van der Waals surface area contributed by atoms with E-state index in [1.54, 1.807) is 26.0 Å². The van der Waals surface area contributed by atoms with Crippen LogP contribution < -0.4 is 10.1 Å². The van der Waals surface area contributed by atoms with Crippen LogP contribution in [0.3, 0.4) is 0 Å². The maximum absolute atomic E-state index is 12.2. The molecule has 23 heavy (non-hydrogen) atoms. The number of para-hydroxylation sites is 1. The van der Waals surface area contributed by atoms with Gasteiger partial charge in [0.1, 0.15) is 0 Å². The van der Waals surface area contributed by atoms with Crippen molar-refractivity contribution < 1.29 is 14.5 Å². The van der Waals surface area contributed by atoms with E-state index >= 15 is 0 Å². The van der Waals surface area contributed by atoms with E-state index in [0.29, 0.717) is 5.69 Å². The van der Waals surface area contributed by atoms with Crippen LogP contribution in [-0.2, 0) is 4.79 Å². The number of nitrogens with one attached hydrogen (secondary N) is 1. The highest BCUT2D eigenvalue weighted by molar-refractivity contribution is 14.1. The number of anilines is 1. The molecule has 0 aliphatic heterocycles. The molecule has 1 unspecified atom stereocenters. The standard InChI is InChI=1S/C16H15IN2O4/c1-10-7-8-15(14(9-10)19(21)22)23-11(2)16(20)18-13-6-4-3-5-12(13)17/h3-9,11H,1-2H3,(H,18,20). The predicted molar refractivity (Wildman–Crippen MR) is 95.7 cm³/mol. The maximum atomic E-state index is 12.2. The average Bonchev–Trinajstić information content (AvgIpc) is 2.51. The number of halogens is 1. The molecule has 0 saturated carbocycles. The molecule has 0 aliphatic rings. The molecule has 2 aromatic rings. The van der Waals surface area contributed by atoms with Crippen molar-refractivity contribution >= 4 is 39.9 Å². The van der Waals surface area contributed by atoms with Gasteiger partial charge in [-0.25, -0.2) is 0 Å². The number of nitro groups is 1. The summed E-state index contributed by atoms with van der Waals surface area (Å²) in [5.74, 6) is -0.296. The second-order valence-electron chi connectivity index (χ2n) is 4.96. The number of hydrogen-bond donors (Lipinski definition) is 1. The van der Waals surface area contributed by atoms with Crippen molar-refractivity contribution in [2.24, 2.45) is 0 Å². The van der Waals surface area contributed by atoms with Crippen molar-refractivity contribution in [2.45, 2.75) is 20.0 Å². The first-order valence-corrected chi connectivity index (χ1v) is 7.93. The monoisotopic (exact) mass is 426 g/mol. The summed E-state index contributed by atoms with van der Waals surface area (Å²) in [5, 5.41) is 13.8. The Kier molecular flexibility index (Phi) is 5.54. The number of carbonyl (C=O) groups excluding carboxylic acids is 1. The Morgan fingerprint density at radius 1 is 1.30 bits per heavy atom. The highest BCUT2D eigenvalue weighted by atomic mass is 127. The minimum atomic E-state index is -0.868. The third kappa shape index (κ3) is 4.41. The first-order chi connectivity index (χ1) is 10.9.